The molecular weight excluding hydrogens is 308 g/mol. The van der Waals surface area contributed by atoms with Crippen LogP contribution in [0.2, 0.25) is 0 Å². The zero-order valence-electron chi connectivity index (χ0n) is 12.0. The van der Waals surface area contributed by atoms with Crippen LogP contribution in [0.25, 0.3) is 0 Å². The fourth-order valence-corrected chi connectivity index (χ4v) is 4.20. The fourth-order valence-electron chi connectivity index (χ4n) is 2.52. The summed E-state index contributed by atoms with van der Waals surface area (Å²) in [4.78, 5) is 11.8. The Balaban J connectivity index is 1.51. The number of carbonyl (C=O) groups is 1. The van der Waals surface area contributed by atoms with E-state index in [1.54, 1.807) is 18.2 Å². The van der Waals surface area contributed by atoms with Crippen LogP contribution >= 0.6 is 0 Å². The number of carbonyl (C=O) groups excluding carboxylic acids is 1. The highest BCUT2D eigenvalue weighted by molar-refractivity contribution is 7.91. The van der Waals surface area contributed by atoms with Crippen LogP contribution in [0.1, 0.15) is 6.42 Å². The van der Waals surface area contributed by atoms with E-state index in [2.05, 4.69) is 10.6 Å². The highest BCUT2D eigenvalue weighted by Crippen LogP contribution is 2.32. The quantitative estimate of drug-likeness (QED) is 0.819. The lowest BCUT2D eigenvalue weighted by atomic mass is 10.2. The van der Waals surface area contributed by atoms with Gasteiger partial charge in [0.2, 0.25) is 5.91 Å². The Morgan fingerprint density at radius 2 is 2.00 bits per heavy atom. The minimum absolute atomic E-state index is 0.0305. The van der Waals surface area contributed by atoms with Gasteiger partial charge in [0, 0.05) is 17.8 Å². The van der Waals surface area contributed by atoms with Crippen molar-refractivity contribution in [3.05, 3.63) is 18.2 Å². The van der Waals surface area contributed by atoms with Gasteiger partial charge in [-0.25, -0.2) is 8.42 Å². The number of nitrogens with one attached hydrogen (secondary N) is 2. The monoisotopic (exact) mass is 326 g/mol. The first-order chi connectivity index (χ1) is 10.5. The smallest absolute Gasteiger partial charge is 0.239 e. The van der Waals surface area contributed by atoms with E-state index in [1.165, 1.54) is 0 Å². The number of anilines is 1. The Bertz CT molecular complexity index is 674. The Morgan fingerprint density at radius 3 is 2.73 bits per heavy atom. The van der Waals surface area contributed by atoms with E-state index in [-0.39, 0.29) is 30.0 Å². The summed E-state index contributed by atoms with van der Waals surface area (Å²) in [6.45, 7) is 1.12. The van der Waals surface area contributed by atoms with E-state index in [0.717, 1.165) is 5.69 Å². The number of hydrogen-bond acceptors (Lipinski definition) is 6. The lowest BCUT2D eigenvalue weighted by molar-refractivity contribution is -0.119. The molecule has 120 valence electrons. The van der Waals surface area contributed by atoms with Gasteiger partial charge in [-0.3, -0.25) is 4.79 Å². The Labute approximate surface area is 128 Å². The van der Waals surface area contributed by atoms with E-state index < -0.39 is 9.84 Å². The van der Waals surface area contributed by atoms with Gasteiger partial charge in [-0.1, -0.05) is 0 Å². The summed E-state index contributed by atoms with van der Waals surface area (Å²) in [7, 11) is -2.98. The molecule has 1 aromatic carbocycles. The first kappa shape index (κ1) is 15.0. The fraction of sp³-hybridized carbons (Fsp3) is 0.500. The van der Waals surface area contributed by atoms with Crippen LogP contribution in [0, 0.1) is 0 Å². The van der Waals surface area contributed by atoms with Gasteiger partial charge in [-0.2, -0.15) is 0 Å². The molecule has 2 aliphatic heterocycles. The van der Waals surface area contributed by atoms with Crippen LogP contribution in [0.4, 0.5) is 5.69 Å². The third-order valence-electron chi connectivity index (χ3n) is 3.59. The van der Waals surface area contributed by atoms with Crippen molar-refractivity contribution in [2.75, 3.05) is 36.6 Å². The van der Waals surface area contributed by atoms with Crippen LogP contribution in [0.5, 0.6) is 11.5 Å². The SMILES string of the molecule is O=C(CNc1ccc2c(c1)OCCO2)N[C@H]1CCS(=O)(=O)C1. The molecular formula is C14H18N2O5S. The largest absolute Gasteiger partial charge is 0.486 e. The number of benzene rings is 1. The van der Waals surface area contributed by atoms with Gasteiger partial charge in [0.05, 0.1) is 18.1 Å². The molecule has 2 N–H and O–H groups in total. The number of fused-ring (bicyclic) bond motifs is 1. The van der Waals surface area contributed by atoms with Gasteiger partial charge in [0.25, 0.3) is 0 Å². The molecule has 2 heterocycles. The first-order valence-corrected chi connectivity index (χ1v) is 8.97. The lowest BCUT2D eigenvalue weighted by Crippen LogP contribution is -2.39. The summed E-state index contributed by atoms with van der Waals surface area (Å²) in [5, 5.41) is 5.72. The molecule has 0 saturated carbocycles. The van der Waals surface area contributed by atoms with Gasteiger partial charge in [0.15, 0.2) is 21.3 Å². The molecule has 1 amide bonds. The van der Waals surface area contributed by atoms with E-state index in [9.17, 15) is 13.2 Å². The second-order valence-corrected chi connectivity index (χ2v) is 7.61. The predicted octanol–water partition coefficient (Wildman–Crippen LogP) is 0.173. The summed E-state index contributed by atoms with van der Waals surface area (Å²) in [6, 6.07) is 5.10. The van der Waals surface area contributed by atoms with Crippen molar-refractivity contribution in [2.24, 2.45) is 0 Å². The molecule has 1 fully saturated rings. The van der Waals surface area contributed by atoms with Crippen molar-refractivity contribution in [2.45, 2.75) is 12.5 Å². The number of hydrogen-bond donors (Lipinski definition) is 2. The topological polar surface area (TPSA) is 93.7 Å². The molecule has 3 rings (SSSR count). The molecule has 22 heavy (non-hydrogen) atoms. The van der Waals surface area contributed by atoms with Gasteiger partial charge in [-0.05, 0) is 18.6 Å². The van der Waals surface area contributed by atoms with E-state index >= 15 is 0 Å². The Kier molecular flexibility index (Phi) is 4.10. The van der Waals surface area contributed by atoms with Crippen molar-refractivity contribution in [3.8, 4) is 11.5 Å². The summed E-state index contributed by atoms with van der Waals surface area (Å²) >= 11 is 0. The number of rotatable bonds is 4. The van der Waals surface area contributed by atoms with Crippen molar-refractivity contribution < 1.29 is 22.7 Å². The summed E-state index contributed by atoms with van der Waals surface area (Å²) in [5.41, 5.74) is 0.749. The Morgan fingerprint density at radius 1 is 1.23 bits per heavy atom. The number of ether oxygens (including phenoxy) is 2. The zero-order valence-corrected chi connectivity index (χ0v) is 12.8. The van der Waals surface area contributed by atoms with Crippen LogP contribution < -0.4 is 20.1 Å². The number of sulfone groups is 1. The summed E-state index contributed by atoms with van der Waals surface area (Å²) in [6.07, 6.45) is 0.484. The predicted molar refractivity (Wildman–Crippen MR) is 81.1 cm³/mol. The van der Waals surface area contributed by atoms with E-state index in [4.69, 9.17) is 9.47 Å². The first-order valence-electron chi connectivity index (χ1n) is 7.15. The maximum Gasteiger partial charge on any atom is 0.239 e. The normalized spacial score (nSPS) is 22.1. The molecule has 0 aromatic heterocycles. The lowest BCUT2D eigenvalue weighted by Gasteiger charge is -2.19. The second kappa shape index (κ2) is 6.04. The van der Waals surface area contributed by atoms with E-state index in [1.807, 2.05) is 0 Å². The van der Waals surface area contributed by atoms with Gasteiger partial charge < -0.3 is 20.1 Å². The van der Waals surface area contributed by atoms with Crippen molar-refractivity contribution >= 4 is 21.4 Å². The second-order valence-electron chi connectivity index (χ2n) is 5.38. The maximum absolute atomic E-state index is 11.8. The molecule has 7 nitrogen and oxygen atoms in total. The van der Waals surface area contributed by atoms with Crippen LogP contribution in [-0.2, 0) is 14.6 Å². The minimum atomic E-state index is -2.98. The minimum Gasteiger partial charge on any atom is -0.486 e. The average molecular weight is 326 g/mol. The average Bonchev–Trinajstić information content (AvgIpc) is 2.84. The summed E-state index contributed by atoms with van der Waals surface area (Å²) < 4.78 is 33.6. The van der Waals surface area contributed by atoms with Crippen molar-refractivity contribution in [1.82, 2.24) is 5.32 Å². The standard InChI is InChI=1S/C14H18N2O5S/c17-14(16-11-3-6-22(18,19)9-11)8-15-10-1-2-12-13(7-10)21-5-4-20-12/h1-2,7,11,15H,3-6,8-9H2,(H,16,17)/t11-/m0/s1. The molecule has 1 atom stereocenters. The highest BCUT2D eigenvalue weighted by atomic mass is 32.2. The molecule has 2 aliphatic rings. The van der Waals surface area contributed by atoms with Gasteiger partial charge >= 0.3 is 0 Å². The molecule has 0 spiro atoms. The van der Waals surface area contributed by atoms with Crippen molar-refractivity contribution in [3.63, 3.8) is 0 Å². The van der Waals surface area contributed by atoms with Gasteiger partial charge in [0.1, 0.15) is 13.2 Å². The zero-order chi connectivity index (χ0) is 15.6. The molecule has 0 bridgehead atoms. The molecule has 0 radical (unpaired) electrons. The molecule has 0 unspecified atom stereocenters. The third-order valence-corrected chi connectivity index (χ3v) is 5.36. The molecule has 1 saturated heterocycles. The molecule has 1 aromatic rings. The van der Waals surface area contributed by atoms with Crippen LogP contribution in [0.15, 0.2) is 18.2 Å². The summed E-state index contributed by atoms with van der Waals surface area (Å²) in [5.74, 6) is 1.30. The van der Waals surface area contributed by atoms with E-state index in [0.29, 0.717) is 31.1 Å². The van der Waals surface area contributed by atoms with Crippen LogP contribution in [0.3, 0.4) is 0 Å². The molecule has 0 aliphatic carbocycles. The van der Waals surface area contributed by atoms with Crippen LogP contribution in [-0.4, -0.2) is 51.6 Å². The Hall–Kier alpha value is -1.96. The van der Waals surface area contributed by atoms with Crippen molar-refractivity contribution in [1.29, 1.82) is 0 Å². The van der Waals surface area contributed by atoms with Gasteiger partial charge in [-0.15, -0.1) is 0 Å². The maximum atomic E-state index is 11.8. The third kappa shape index (κ3) is 3.62. The molecule has 8 heteroatoms. The number of amides is 1. The highest BCUT2D eigenvalue weighted by Gasteiger charge is 2.28.